The SMILES string of the molecule is COC([NH-])=O.COC([NH-])=O.O=[C-]PCCCP[C-]=P.[V+2].[V+2]. The molecule has 0 saturated carbocycles. The molecule has 2 amide bonds. The molecule has 21 heavy (non-hydrogen) atoms. The minimum absolute atomic E-state index is 0. The summed E-state index contributed by atoms with van der Waals surface area (Å²) in [5.74, 6) is 0. The van der Waals surface area contributed by atoms with Crippen LogP contribution in [0.1, 0.15) is 6.42 Å². The van der Waals surface area contributed by atoms with Crippen LogP contribution in [0.3, 0.4) is 0 Å². The van der Waals surface area contributed by atoms with E-state index in [1.165, 1.54) is 0 Å². The summed E-state index contributed by atoms with van der Waals surface area (Å²) in [5, 5.41) is 0. The largest absolute Gasteiger partial charge is 2.00 e. The van der Waals surface area contributed by atoms with Gasteiger partial charge in [-0.15, -0.1) is 0 Å². The van der Waals surface area contributed by atoms with Gasteiger partial charge in [0.25, 0.3) is 0 Å². The van der Waals surface area contributed by atoms with E-state index in [4.69, 9.17) is 11.5 Å². The number of hydrogen-bond acceptors (Lipinski definition) is 5. The Balaban J connectivity index is -0.0000000622. The number of nitrogens with one attached hydrogen (secondary N) is 2. The molecule has 118 valence electrons. The second-order valence-electron chi connectivity index (χ2n) is 2.42. The van der Waals surface area contributed by atoms with Crippen LogP contribution in [0, 0.1) is 0 Å². The van der Waals surface area contributed by atoms with Gasteiger partial charge in [-0.2, -0.15) is 0 Å². The first-order valence-electron chi connectivity index (χ1n) is 4.79. The van der Waals surface area contributed by atoms with Crippen LogP contribution in [0.5, 0.6) is 0 Å². The van der Waals surface area contributed by atoms with Crippen molar-refractivity contribution in [1.29, 1.82) is 0 Å². The Morgan fingerprint density at radius 2 is 1.38 bits per heavy atom. The van der Waals surface area contributed by atoms with Crippen molar-refractivity contribution >= 4 is 49.8 Å². The smallest absolute Gasteiger partial charge is 0.632 e. The maximum absolute atomic E-state index is 9.70. The van der Waals surface area contributed by atoms with E-state index in [9.17, 15) is 14.4 Å². The van der Waals surface area contributed by atoms with Gasteiger partial charge in [0.05, 0.1) is 14.2 Å². The van der Waals surface area contributed by atoms with Crippen molar-refractivity contribution in [1.82, 2.24) is 0 Å². The van der Waals surface area contributed by atoms with Gasteiger partial charge in [-0.25, -0.2) is 6.03 Å². The van der Waals surface area contributed by atoms with E-state index < -0.39 is 12.2 Å². The Bertz CT molecular complexity index is 240. The third-order valence-electron chi connectivity index (χ3n) is 1.13. The molecular formula is C9H17N2O5P3V2. The zero-order chi connectivity index (χ0) is 15.5. The van der Waals surface area contributed by atoms with E-state index in [0.29, 0.717) is 8.58 Å². The predicted molar refractivity (Wildman–Crippen MR) is 83.4 cm³/mol. The summed E-state index contributed by atoms with van der Waals surface area (Å²) in [6.45, 7) is 0. The van der Waals surface area contributed by atoms with Crippen LogP contribution in [0.25, 0.3) is 11.5 Å². The van der Waals surface area contributed by atoms with Crippen LogP contribution >= 0.6 is 26.0 Å². The Hall–Kier alpha value is 0.409. The standard InChI is InChI=1S/C5H9OP3.2C2H5NO2.2V/c6-4-8-2-1-3-9-5-7;2*1-5-2(3)4;;/h7-9H,1-3H2;2*1H3,(H2,3,4);;/q-2;;;2*+2/p-2. The van der Waals surface area contributed by atoms with Crippen LogP contribution in [-0.2, 0) is 51.4 Å². The predicted octanol–water partition coefficient (Wildman–Crippen LogP) is 3.19. The normalized spacial score (nSPS) is 8.10. The molecule has 0 fully saturated rings. The van der Waals surface area contributed by atoms with Crippen molar-refractivity contribution in [3.8, 4) is 0 Å². The summed E-state index contributed by atoms with van der Waals surface area (Å²) in [5.41, 5.74) is 14.8. The van der Waals surface area contributed by atoms with Crippen LogP contribution in [0.15, 0.2) is 0 Å². The van der Waals surface area contributed by atoms with Gasteiger partial charge in [-0.05, 0) is 0 Å². The summed E-state index contributed by atoms with van der Waals surface area (Å²) in [7, 11) is 6.62. The minimum atomic E-state index is -0.995. The third-order valence-corrected chi connectivity index (χ3v) is 3.19. The van der Waals surface area contributed by atoms with Crippen LogP contribution in [0.2, 0.25) is 0 Å². The number of amides is 2. The van der Waals surface area contributed by atoms with Gasteiger partial charge in [-0.3, -0.25) is 26.8 Å². The molecule has 0 spiro atoms. The van der Waals surface area contributed by atoms with E-state index in [2.05, 4.69) is 23.9 Å². The number of ether oxygens (including phenoxy) is 2. The molecule has 2 unspecified atom stereocenters. The first-order chi connectivity index (χ1) is 8.95. The van der Waals surface area contributed by atoms with Crippen molar-refractivity contribution in [2.75, 3.05) is 26.5 Å². The Labute approximate surface area is 154 Å². The van der Waals surface area contributed by atoms with Crippen molar-refractivity contribution < 1.29 is 61.0 Å². The van der Waals surface area contributed by atoms with E-state index in [0.717, 1.165) is 41.5 Å². The number of methoxy groups -OCH3 is 2. The third kappa shape index (κ3) is 63.8. The van der Waals surface area contributed by atoms with Gasteiger partial charge in [0.1, 0.15) is 0 Å². The van der Waals surface area contributed by atoms with E-state index in [-0.39, 0.29) is 37.1 Å². The molecular weight excluding hydrogens is 411 g/mol. The molecule has 2 atom stereocenters. The van der Waals surface area contributed by atoms with Gasteiger partial charge < -0.3 is 40.1 Å². The number of rotatable bonds is 6. The first-order valence-corrected chi connectivity index (χ1v) is 7.71. The van der Waals surface area contributed by atoms with Crippen molar-refractivity contribution in [2.24, 2.45) is 0 Å². The molecule has 7 nitrogen and oxygen atoms in total. The molecule has 2 radical (unpaired) electrons. The summed E-state index contributed by atoms with van der Waals surface area (Å²) in [4.78, 5) is 28.2. The minimum Gasteiger partial charge on any atom is -0.632 e. The molecule has 0 aromatic heterocycles. The molecule has 2 N–H and O–H groups in total. The average molecular weight is 428 g/mol. The van der Waals surface area contributed by atoms with Gasteiger partial charge in [0, 0.05) is 0 Å². The van der Waals surface area contributed by atoms with Crippen LogP contribution in [0.4, 0.5) is 9.59 Å². The summed E-state index contributed by atoms with van der Waals surface area (Å²) < 4.78 is 7.56. The molecule has 12 heteroatoms. The molecule has 0 heterocycles. The zero-order valence-corrected chi connectivity index (χ0v) is 17.4. The number of carbonyl (C=O) groups excluding carboxylic acids is 3. The fourth-order valence-corrected chi connectivity index (χ4v) is 2.04. The zero-order valence-electron chi connectivity index (χ0n) is 11.6. The fraction of sp³-hybridized carbons (Fsp3) is 0.556. The molecule has 0 bridgehead atoms. The first kappa shape index (κ1) is 33.1. The average Bonchev–Trinajstić information content (AvgIpc) is 2.40. The van der Waals surface area contributed by atoms with Gasteiger partial charge in [0.2, 0.25) is 12.2 Å². The van der Waals surface area contributed by atoms with Gasteiger partial charge >= 0.3 is 37.1 Å². The Morgan fingerprint density at radius 3 is 1.62 bits per heavy atom. The molecule has 0 saturated heterocycles. The van der Waals surface area contributed by atoms with Gasteiger partial charge in [-0.1, -0.05) is 18.7 Å². The summed E-state index contributed by atoms with van der Waals surface area (Å²) in [6, 6.07) is 1.89. The monoisotopic (exact) mass is 428 g/mol. The van der Waals surface area contributed by atoms with E-state index in [1.807, 2.05) is 6.03 Å². The Morgan fingerprint density at radius 1 is 1.05 bits per heavy atom. The molecule has 0 aliphatic carbocycles. The topological polar surface area (TPSA) is 117 Å². The molecule has 0 rings (SSSR count). The summed E-state index contributed by atoms with van der Waals surface area (Å²) in [6.07, 6.45) is 1.29. The quantitative estimate of drug-likeness (QED) is 0.366. The van der Waals surface area contributed by atoms with Crippen LogP contribution < -0.4 is 0 Å². The molecule has 0 aliphatic heterocycles. The van der Waals surface area contributed by atoms with Gasteiger partial charge in [0.15, 0.2) is 0 Å². The van der Waals surface area contributed by atoms with E-state index >= 15 is 0 Å². The second kappa shape index (κ2) is 32.4. The van der Waals surface area contributed by atoms with Crippen molar-refractivity contribution in [2.45, 2.75) is 6.42 Å². The van der Waals surface area contributed by atoms with Crippen molar-refractivity contribution in [3.63, 3.8) is 0 Å². The number of hydrogen-bond donors (Lipinski definition) is 0. The Kier molecular flexibility index (Phi) is 51.1. The maximum atomic E-state index is 9.70. The molecule has 0 aromatic rings. The fourth-order valence-electron chi connectivity index (χ4n) is 0.379. The van der Waals surface area contributed by atoms with Crippen molar-refractivity contribution in [3.05, 3.63) is 11.5 Å². The summed E-state index contributed by atoms with van der Waals surface area (Å²) >= 11 is 0. The number of carbonyl (C=O) groups is 2. The van der Waals surface area contributed by atoms with E-state index in [1.54, 1.807) is 0 Å². The maximum Gasteiger partial charge on any atom is 2.00 e. The second-order valence-corrected chi connectivity index (χ2v) is 5.33. The van der Waals surface area contributed by atoms with Crippen LogP contribution in [-0.4, -0.2) is 50.3 Å². The molecule has 0 aliphatic rings. The molecule has 0 aromatic carbocycles.